The lowest BCUT2D eigenvalue weighted by atomic mass is 9.97. The quantitative estimate of drug-likeness (QED) is 0.631. The molecule has 1 aromatic carbocycles. The van der Waals surface area contributed by atoms with Crippen LogP contribution in [0.15, 0.2) is 36.9 Å². The molecule has 0 aliphatic heterocycles. The summed E-state index contributed by atoms with van der Waals surface area (Å²) >= 11 is 0. The first kappa shape index (κ1) is 20.4. The molecule has 25 heavy (non-hydrogen) atoms. The van der Waals surface area contributed by atoms with Crippen molar-refractivity contribution in [1.29, 1.82) is 0 Å². The monoisotopic (exact) mass is 346 g/mol. The maximum absolute atomic E-state index is 12.2. The molecule has 1 unspecified atom stereocenters. The minimum Gasteiger partial charge on any atom is -0.480 e. The van der Waals surface area contributed by atoms with Crippen molar-refractivity contribution < 1.29 is 19.5 Å². The molecular formula is C19H26N2O4. The lowest BCUT2D eigenvalue weighted by molar-refractivity contribution is -0.139. The van der Waals surface area contributed by atoms with Crippen molar-refractivity contribution in [3.8, 4) is 0 Å². The zero-order chi connectivity index (χ0) is 19.0. The van der Waals surface area contributed by atoms with Crippen molar-refractivity contribution >= 4 is 17.8 Å². The van der Waals surface area contributed by atoms with Crippen LogP contribution in [0, 0.1) is 5.41 Å². The van der Waals surface area contributed by atoms with Gasteiger partial charge in [0, 0.05) is 17.7 Å². The molecule has 1 rings (SSSR count). The van der Waals surface area contributed by atoms with Crippen LogP contribution in [0.3, 0.4) is 0 Å². The van der Waals surface area contributed by atoms with E-state index in [0.717, 1.165) is 0 Å². The van der Waals surface area contributed by atoms with Gasteiger partial charge in [-0.2, -0.15) is 0 Å². The van der Waals surface area contributed by atoms with Gasteiger partial charge in [-0.3, -0.25) is 9.59 Å². The van der Waals surface area contributed by atoms with E-state index in [1.54, 1.807) is 18.2 Å². The van der Waals surface area contributed by atoms with Gasteiger partial charge < -0.3 is 15.7 Å². The number of nitrogens with one attached hydrogen (secondary N) is 2. The van der Waals surface area contributed by atoms with E-state index in [2.05, 4.69) is 17.2 Å². The molecule has 0 radical (unpaired) electrons. The fourth-order valence-corrected chi connectivity index (χ4v) is 2.00. The Labute approximate surface area is 148 Å². The maximum atomic E-state index is 12.2. The Bertz CT molecular complexity index is 630. The molecule has 1 aromatic rings. The number of benzene rings is 1. The van der Waals surface area contributed by atoms with Crippen molar-refractivity contribution in [2.45, 2.75) is 39.7 Å². The minimum absolute atomic E-state index is 0.0211. The Balaban J connectivity index is 2.71. The van der Waals surface area contributed by atoms with Crippen molar-refractivity contribution in [2.75, 3.05) is 6.54 Å². The molecule has 0 fully saturated rings. The highest BCUT2D eigenvalue weighted by molar-refractivity contribution is 5.99. The number of aliphatic carboxylic acids is 1. The van der Waals surface area contributed by atoms with Gasteiger partial charge in [0.1, 0.15) is 6.04 Å². The third-order valence-corrected chi connectivity index (χ3v) is 3.45. The highest BCUT2D eigenvalue weighted by atomic mass is 16.4. The van der Waals surface area contributed by atoms with Gasteiger partial charge >= 0.3 is 5.97 Å². The maximum Gasteiger partial charge on any atom is 0.326 e. The molecule has 6 nitrogen and oxygen atoms in total. The highest BCUT2D eigenvalue weighted by Gasteiger charge is 2.20. The molecule has 0 heterocycles. The second-order valence-electron chi connectivity index (χ2n) is 7.05. The van der Waals surface area contributed by atoms with Crippen molar-refractivity contribution in [2.24, 2.45) is 5.41 Å². The number of amides is 2. The van der Waals surface area contributed by atoms with E-state index in [1.165, 1.54) is 12.1 Å². The van der Waals surface area contributed by atoms with E-state index in [4.69, 9.17) is 5.11 Å². The molecule has 0 aromatic heterocycles. The van der Waals surface area contributed by atoms with Gasteiger partial charge in [-0.05, 0) is 42.5 Å². The predicted molar refractivity (Wildman–Crippen MR) is 96.6 cm³/mol. The van der Waals surface area contributed by atoms with Gasteiger partial charge in [-0.15, -0.1) is 6.58 Å². The van der Waals surface area contributed by atoms with E-state index in [1.807, 2.05) is 20.8 Å². The summed E-state index contributed by atoms with van der Waals surface area (Å²) in [4.78, 5) is 35.4. The molecule has 0 bridgehead atoms. The Hall–Kier alpha value is -2.63. The number of hydrogen-bond acceptors (Lipinski definition) is 3. The van der Waals surface area contributed by atoms with Gasteiger partial charge in [0.05, 0.1) is 0 Å². The molecule has 3 N–H and O–H groups in total. The highest BCUT2D eigenvalue weighted by Crippen LogP contribution is 2.11. The molecule has 136 valence electrons. The molecule has 0 saturated carbocycles. The summed E-state index contributed by atoms with van der Waals surface area (Å²) in [5.74, 6) is -1.79. The second kappa shape index (κ2) is 9.01. The summed E-state index contributed by atoms with van der Waals surface area (Å²) in [6, 6.07) is 5.14. The Morgan fingerprint density at radius 2 is 1.64 bits per heavy atom. The van der Waals surface area contributed by atoms with Gasteiger partial charge in [0.25, 0.3) is 11.8 Å². The van der Waals surface area contributed by atoms with Crippen molar-refractivity contribution in [1.82, 2.24) is 10.6 Å². The van der Waals surface area contributed by atoms with Crippen LogP contribution in [0.1, 0.15) is 54.3 Å². The van der Waals surface area contributed by atoms with Gasteiger partial charge in [-0.1, -0.05) is 26.8 Å². The first-order valence-corrected chi connectivity index (χ1v) is 8.17. The van der Waals surface area contributed by atoms with E-state index >= 15 is 0 Å². The van der Waals surface area contributed by atoms with Crippen LogP contribution in [0.5, 0.6) is 0 Å². The van der Waals surface area contributed by atoms with Crippen LogP contribution in [0.2, 0.25) is 0 Å². The average Bonchev–Trinajstić information content (AvgIpc) is 2.55. The summed E-state index contributed by atoms with van der Waals surface area (Å²) in [7, 11) is 0. The van der Waals surface area contributed by atoms with Crippen molar-refractivity contribution in [3.05, 3.63) is 48.0 Å². The molecule has 0 aliphatic carbocycles. The van der Waals surface area contributed by atoms with E-state index < -0.39 is 17.9 Å². The van der Waals surface area contributed by atoms with Gasteiger partial charge in [0.2, 0.25) is 0 Å². The van der Waals surface area contributed by atoms with Crippen LogP contribution in [0.4, 0.5) is 0 Å². The van der Waals surface area contributed by atoms with E-state index in [9.17, 15) is 14.4 Å². The lowest BCUT2D eigenvalue weighted by Gasteiger charge is -2.18. The molecular weight excluding hydrogens is 320 g/mol. The third-order valence-electron chi connectivity index (χ3n) is 3.45. The molecule has 0 spiro atoms. The van der Waals surface area contributed by atoms with Crippen LogP contribution in [-0.4, -0.2) is 35.5 Å². The van der Waals surface area contributed by atoms with Gasteiger partial charge in [-0.25, -0.2) is 4.79 Å². The topological polar surface area (TPSA) is 95.5 Å². The molecule has 0 saturated heterocycles. The number of carbonyl (C=O) groups is 3. The van der Waals surface area contributed by atoms with Crippen molar-refractivity contribution in [3.63, 3.8) is 0 Å². The fraction of sp³-hybridized carbons (Fsp3) is 0.421. The average molecular weight is 346 g/mol. The Morgan fingerprint density at radius 1 is 1.12 bits per heavy atom. The summed E-state index contributed by atoms with van der Waals surface area (Å²) in [6.07, 6.45) is 2.37. The van der Waals surface area contributed by atoms with Crippen LogP contribution in [0.25, 0.3) is 0 Å². The van der Waals surface area contributed by atoms with Crippen LogP contribution in [-0.2, 0) is 4.79 Å². The molecule has 1 atom stereocenters. The number of carboxylic acids is 1. The number of rotatable bonds is 8. The smallest absolute Gasteiger partial charge is 0.326 e. The summed E-state index contributed by atoms with van der Waals surface area (Å²) in [5, 5.41) is 14.4. The van der Waals surface area contributed by atoms with Crippen LogP contribution >= 0.6 is 0 Å². The van der Waals surface area contributed by atoms with Crippen LogP contribution < -0.4 is 10.6 Å². The summed E-state index contributed by atoms with van der Waals surface area (Å²) in [5.41, 5.74) is 0.728. The zero-order valence-electron chi connectivity index (χ0n) is 15.0. The molecule has 0 aliphatic rings. The largest absolute Gasteiger partial charge is 0.480 e. The first-order chi connectivity index (χ1) is 11.6. The van der Waals surface area contributed by atoms with E-state index in [0.29, 0.717) is 24.1 Å². The second-order valence-corrected chi connectivity index (χ2v) is 7.05. The Kier molecular flexibility index (Phi) is 7.36. The van der Waals surface area contributed by atoms with Gasteiger partial charge in [0.15, 0.2) is 0 Å². The molecule has 6 heteroatoms. The third kappa shape index (κ3) is 7.20. The lowest BCUT2D eigenvalue weighted by Crippen LogP contribution is -2.40. The predicted octanol–water partition coefficient (Wildman–Crippen LogP) is 2.61. The Morgan fingerprint density at radius 3 is 2.08 bits per heavy atom. The summed E-state index contributed by atoms with van der Waals surface area (Å²) in [6.45, 7) is 10.1. The standard InChI is InChI=1S/C19H26N2O4/c1-5-6-7-15(18(24)25)21-17(23)14-10-8-13(9-11-14)16(22)20-12-19(2,3)4/h5,8-11,15H,1,6-7,12H2,2-4H3,(H,20,22)(H,21,23)(H,24,25). The fourth-order valence-electron chi connectivity index (χ4n) is 2.00. The zero-order valence-corrected chi connectivity index (χ0v) is 15.0. The number of carbonyl (C=O) groups excluding carboxylic acids is 2. The number of hydrogen-bond donors (Lipinski definition) is 3. The normalized spacial score (nSPS) is 12.1. The first-order valence-electron chi connectivity index (χ1n) is 8.17. The number of allylic oxidation sites excluding steroid dienone is 1. The van der Waals surface area contributed by atoms with E-state index in [-0.39, 0.29) is 17.7 Å². The SMILES string of the molecule is C=CCCC(NC(=O)c1ccc(C(=O)NCC(C)(C)C)cc1)C(=O)O. The number of carboxylic acid groups (broad SMARTS) is 1. The minimum atomic E-state index is -1.09. The molecule has 2 amide bonds. The summed E-state index contributed by atoms with van der Waals surface area (Å²) < 4.78 is 0.